The van der Waals surface area contributed by atoms with Gasteiger partial charge in [-0.25, -0.2) is 23.1 Å². The van der Waals surface area contributed by atoms with Crippen LogP contribution in [0.25, 0.3) is 0 Å². The predicted molar refractivity (Wildman–Crippen MR) is 76.8 cm³/mol. The maximum atomic E-state index is 11.9. The van der Waals surface area contributed by atoms with Crippen molar-refractivity contribution >= 4 is 15.7 Å². The van der Waals surface area contributed by atoms with E-state index in [1.54, 1.807) is 31.3 Å². The second-order valence-corrected chi connectivity index (χ2v) is 6.10. The van der Waals surface area contributed by atoms with Crippen molar-refractivity contribution in [2.75, 3.05) is 12.4 Å². The van der Waals surface area contributed by atoms with Gasteiger partial charge in [-0.05, 0) is 37.7 Å². The van der Waals surface area contributed by atoms with Crippen molar-refractivity contribution < 1.29 is 8.42 Å². The second kappa shape index (κ2) is 5.98. The zero-order chi connectivity index (χ0) is 14.6. The molecule has 0 aliphatic carbocycles. The van der Waals surface area contributed by atoms with Gasteiger partial charge in [0.2, 0.25) is 10.0 Å². The molecule has 106 valence electrons. The van der Waals surface area contributed by atoms with Crippen molar-refractivity contribution in [3.63, 3.8) is 0 Å². The first kappa shape index (κ1) is 14.4. The Balaban J connectivity index is 2.20. The predicted octanol–water partition coefficient (Wildman–Crippen LogP) is 1.31. The summed E-state index contributed by atoms with van der Waals surface area (Å²) in [5, 5.41) is 3.14. The van der Waals surface area contributed by atoms with Gasteiger partial charge in [-0.3, -0.25) is 0 Å². The lowest BCUT2D eigenvalue weighted by Gasteiger charge is -2.10. The van der Waals surface area contributed by atoms with Gasteiger partial charge in [-0.2, -0.15) is 0 Å². The molecule has 7 heteroatoms. The number of benzene rings is 1. The summed E-state index contributed by atoms with van der Waals surface area (Å²) in [6, 6.07) is 7.02. The first-order valence-corrected chi connectivity index (χ1v) is 7.54. The third kappa shape index (κ3) is 3.31. The highest BCUT2D eigenvalue weighted by molar-refractivity contribution is 7.89. The average molecular weight is 292 g/mol. The van der Waals surface area contributed by atoms with E-state index < -0.39 is 10.0 Å². The molecule has 0 atom stereocenters. The van der Waals surface area contributed by atoms with Crippen molar-refractivity contribution in [2.24, 2.45) is 0 Å². The zero-order valence-corrected chi connectivity index (χ0v) is 12.1. The number of rotatable bonds is 5. The number of nitrogens with one attached hydrogen (secondary N) is 2. The molecule has 0 fully saturated rings. The van der Waals surface area contributed by atoms with Crippen LogP contribution in [-0.4, -0.2) is 25.4 Å². The smallest absolute Gasteiger partial charge is 0.240 e. The molecule has 0 aliphatic heterocycles. The fraction of sp³-hybridized carbons (Fsp3) is 0.231. The Morgan fingerprint density at radius 2 is 2.05 bits per heavy atom. The molecule has 0 aliphatic rings. The third-order valence-electron chi connectivity index (χ3n) is 2.86. The van der Waals surface area contributed by atoms with Gasteiger partial charge in [0.15, 0.2) is 0 Å². The fourth-order valence-electron chi connectivity index (χ4n) is 1.72. The Morgan fingerprint density at radius 1 is 1.25 bits per heavy atom. The molecule has 1 heterocycles. The molecule has 0 radical (unpaired) electrons. The molecule has 1 aromatic carbocycles. The van der Waals surface area contributed by atoms with Gasteiger partial charge >= 0.3 is 0 Å². The largest absolute Gasteiger partial charge is 0.379 e. The summed E-state index contributed by atoms with van der Waals surface area (Å²) >= 11 is 0. The van der Waals surface area contributed by atoms with Crippen LogP contribution in [0.15, 0.2) is 41.7 Å². The zero-order valence-electron chi connectivity index (χ0n) is 11.3. The number of anilines is 1. The van der Waals surface area contributed by atoms with Gasteiger partial charge in [-0.15, -0.1) is 0 Å². The Hall–Kier alpha value is -1.99. The van der Waals surface area contributed by atoms with Crippen molar-refractivity contribution in [1.29, 1.82) is 0 Å². The molecule has 6 nitrogen and oxygen atoms in total. The van der Waals surface area contributed by atoms with Crippen LogP contribution >= 0.6 is 0 Å². The first-order valence-electron chi connectivity index (χ1n) is 6.06. The summed E-state index contributed by atoms with van der Waals surface area (Å²) in [5.41, 5.74) is 2.26. The fourth-order valence-corrected chi connectivity index (χ4v) is 2.72. The molecule has 2 rings (SSSR count). The van der Waals surface area contributed by atoms with Gasteiger partial charge in [0, 0.05) is 11.9 Å². The molecule has 0 unspecified atom stereocenters. The molecule has 0 saturated heterocycles. The van der Waals surface area contributed by atoms with Crippen LogP contribution in [0.2, 0.25) is 0 Å². The van der Waals surface area contributed by atoms with Gasteiger partial charge < -0.3 is 5.32 Å². The van der Waals surface area contributed by atoms with E-state index in [4.69, 9.17) is 0 Å². The molecule has 0 saturated carbocycles. The summed E-state index contributed by atoms with van der Waals surface area (Å²) in [6.45, 7) is 2.27. The maximum absolute atomic E-state index is 11.9. The molecule has 20 heavy (non-hydrogen) atoms. The van der Waals surface area contributed by atoms with E-state index in [0.29, 0.717) is 12.1 Å². The normalized spacial score (nSPS) is 11.3. The molecule has 2 aromatic rings. The third-order valence-corrected chi connectivity index (χ3v) is 4.42. The Kier molecular flexibility index (Phi) is 4.31. The number of nitrogens with zero attached hydrogens (tertiary/aromatic N) is 2. The lowest BCUT2D eigenvalue weighted by atomic mass is 10.2. The molecular formula is C13H16N4O2S. The van der Waals surface area contributed by atoms with Crippen LogP contribution in [-0.2, 0) is 16.6 Å². The summed E-state index contributed by atoms with van der Waals surface area (Å²) < 4.78 is 26.1. The lowest BCUT2D eigenvalue weighted by molar-refractivity contribution is 0.587. The van der Waals surface area contributed by atoms with Crippen LogP contribution < -0.4 is 10.0 Å². The van der Waals surface area contributed by atoms with Gasteiger partial charge in [0.25, 0.3) is 0 Å². The van der Waals surface area contributed by atoms with E-state index in [2.05, 4.69) is 20.0 Å². The highest BCUT2D eigenvalue weighted by Crippen LogP contribution is 2.20. The van der Waals surface area contributed by atoms with Crippen molar-refractivity contribution in [3.8, 4) is 0 Å². The minimum absolute atomic E-state index is 0.271. The Bertz CT molecular complexity index is 687. The maximum Gasteiger partial charge on any atom is 0.240 e. The summed E-state index contributed by atoms with van der Waals surface area (Å²) in [7, 11) is -2.05. The standard InChI is InChI=1S/C13H16N4O2S/c1-10-3-4-11(7-13(10)20(18,19)14-2)16-8-12-5-6-15-9-17-12/h3-7,9,14,16H,8H2,1-2H3. The minimum Gasteiger partial charge on any atom is -0.379 e. The van der Waals surface area contributed by atoms with Crippen LogP contribution in [0.1, 0.15) is 11.3 Å². The van der Waals surface area contributed by atoms with Crippen molar-refractivity contribution in [2.45, 2.75) is 18.4 Å². The quantitative estimate of drug-likeness (QED) is 0.868. The first-order chi connectivity index (χ1) is 9.53. The topological polar surface area (TPSA) is 84.0 Å². The highest BCUT2D eigenvalue weighted by Gasteiger charge is 2.14. The summed E-state index contributed by atoms with van der Waals surface area (Å²) in [5.74, 6) is 0. The van der Waals surface area contributed by atoms with E-state index in [1.807, 2.05) is 6.07 Å². The van der Waals surface area contributed by atoms with E-state index in [-0.39, 0.29) is 4.90 Å². The summed E-state index contributed by atoms with van der Waals surface area (Å²) in [4.78, 5) is 8.21. The van der Waals surface area contributed by atoms with E-state index in [0.717, 1.165) is 11.4 Å². The number of aromatic nitrogens is 2. The van der Waals surface area contributed by atoms with Crippen LogP contribution in [0.3, 0.4) is 0 Å². The number of aryl methyl sites for hydroxylation is 1. The number of sulfonamides is 1. The SMILES string of the molecule is CNS(=O)(=O)c1cc(NCc2ccncn2)ccc1C. The molecule has 0 spiro atoms. The van der Waals surface area contributed by atoms with Crippen molar-refractivity contribution in [3.05, 3.63) is 48.0 Å². The number of hydrogen-bond donors (Lipinski definition) is 2. The van der Waals surface area contributed by atoms with Crippen LogP contribution in [0, 0.1) is 6.92 Å². The molecule has 0 amide bonds. The molecular weight excluding hydrogens is 276 g/mol. The Labute approximate surface area is 118 Å². The summed E-state index contributed by atoms with van der Waals surface area (Å²) in [6.07, 6.45) is 3.14. The van der Waals surface area contributed by atoms with E-state index >= 15 is 0 Å². The highest BCUT2D eigenvalue weighted by atomic mass is 32.2. The second-order valence-electron chi connectivity index (χ2n) is 4.24. The lowest BCUT2D eigenvalue weighted by Crippen LogP contribution is -2.19. The van der Waals surface area contributed by atoms with Crippen LogP contribution in [0.5, 0.6) is 0 Å². The monoisotopic (exact) mass is 292 g/mol. The Morgan fingerprint density at radius 3 is 2.70 bits per heavy atom. The minimum atomic E-state index is -3.45. The number of hydrogen-bond acceptors (Lipinski definition) is 5. The van der Waals surface area contributed by atoms with E-state index in [9.17, 15) is 8.42 Å². The molecule has 2 N–H and O–H groups in total. The van der Waals surface area contributed by atoms with E-state index in [1.165, 1.54) is 13.4 Å². The molecule has 1 aromatic heterocycles. The van der Waals surface area contributed by atoms with Gasteiger partial charge in [0.05, 0.1) is 17.1 Å². The molecule has 0 bridgehead atoms. The van der Waals surface area contributed by atoms with Gasteiger partial charge in [0.1, 0.15) is 6.33 Å². The van der Waals surface area contributed by atoms with Crippen LogP contribution in [0.4, 0.5) is 5.69 Å². The van der Waals surface area contributed by atoms with Gasteiger partial charge in [-0.1, -0.05) is 6.07 Å². The van der Waals surface area contributed by atoms with Crippen molar-refractivity contribution in [1.82, 2.24) is 14.7 Å². The average Bonchev–Trinajstić information content (AvgIpc) is 2.47.